The standard InChI is InChI=1S/C4H8.C3H7N/c1-3-4-2;1-2-3-4/h3H,1,4H2,2H3;2-3H,4H2,1H3/b;3-2-. The maximum Gasteiger partial charge on any atom is -0.0106 e. The Morgan fingerprint density at radius 3 is 1.88 bits per heavy atom. The van der Waals surface area contributed by atoms with Gasteiger partial charge in [0.05, 0.1) is 0 Å². The topological polar surface area (TPSA) is 26.0 Å². The highest BCUT2D eigenvalue weighted by atomic mass is 14.5. The van der Waals surface area contributed by atoms with E-state index in [0.29, 0.717) is 0 Å². The molecule has 0 aliphatic heterocycles. The molecule has 0 aromatic carbocycles. The van der Waals surface area contributed by atoms with Gasteiger partial charge in [-0.1, -0.05) is 19.1 Å². The molecule has 0 heterocycles. The molecule has 1 heteroatoms. The Morgan fingerprint density at radius 2 is 1.88 bits per heavy atom. The van der Waals surface area contributed by atoms with Gasteiger partial charge in [-0.3, -0.25) is 0 Å². The highest BCUT2D eigenvalue weighted by Gasteiger charge is 1.45. The summed E-state index contributed by atoms with van der Waals surface area (Å²) in [4.78, 5) is 0. The summed E-state index contributed by atoms with van der Waals surface area (Å²) in [5.41, 5.74) is 4.85. The fourth-order valence-electron chi connectivity index (χ4n) is 0. The Kier molecular flexibility index (Phi) is 20.9. The molecule has 0 radical (unpaired) electrons. The first-order chi connectivity index (χ1) is 3.83. The molecule has 48 valence electrons. The van der Waals surface area contributed by atoms with E-state index in [0.717, 1.165) is 6.42 Å². The van der Waals surface area contributed by atoms with Crippen LogP contribution in [0.15, 0.2) is 24.9 Å². The molecular formula is C7H15N. The number of allylic oxidation sites excluding steroid dienone is 2. The summed E-state index contributed by atoms with van der Waals surface area (Å²) in [5, 5.41) is 0. The first-order valence-electron chi connectivity index (χ1n) is 2.77. The molecule has 0 amide bonds. The highest BCUT2D eigenvalue weighted by molar-refractivity contribution is 4.66. The van der Waals surface area contributed by atoms with Gasteiger partial charge in [0.15, 0.2) is 0 Å². The van der Waals surface area contributed by atoms with Crippen LogP contribution in [0.2, 0.25) is 0 Å². The smallest absolute Gasteiger partial charge is 0.0106 e. The molecule has 0 saturated carbocycles. The zero-order valence-electron chi connectivity index (χ0n) is 5.72. The fourth-order valence-corrected chi connectivity index (χ4v) is 0. The molecule has 0 aliphatic rings. The second kappa shape index (κ2) is 16.3. The first-order valence-corrected chi connectivity index (χ1v) is 2.77. The lowest BCUT2D eigenvalue weighted by atomic mass is 10.5. The molecular weight excluding hydrogens is 98.1 g/mol. The molecule has 1 nitrogen and oxygen atoms in total. The van der Waals surface area contributed by atoms with Crippen molar-refractivity contribution in [1.29, 1.82) is 0 Å². The number of nitrogens with two attached hydrogens (primary N) is 1. The molecule has 0 fully saturated rings. The predicted molar refractivity (Wildman–Crippen MR) is 39.5 cm³/mol. The minimum Gasteiger partial charge on any atom is -0.405 e. The molecule has 0 atom stereocenters. The fraction of sp³-hybridized carbons (Fsp3) is 0.429. The zero-order valence-corrected chi connectivity index (χ0v) is 5.72. The van der Waals surface area contributed by atoms with Crippen LogP contribution in [-0.2, 0) is 0 Å². The molecule has 0 aliphatic carbocycles. The highest BCUT2D eigenvalue weighted by Crippen LogP contribution is 1.66. The van der Waals surface area contributed by atoms with Crippen molar-refractivity contribution < 1.29 is 0 Å². The van der Waals surface area contributed by atoms with Crippen molar-refractivity contribution in [1.82, 2.24) is 0 Å². The Bertz CT molecular complexity index is 51.4. The summed E-state index contributed by atoms with van der Waals surface area (Å²) in [7, 11) is 0. The van der Waals surface area contributed by atoms with Crippen molar-refractivity contribution in [2.45, 2.75) is 20.3 Å². The molecule has 0 aromatic heterocycles. The Hall–Kier alpha value is -0.720. The van der Waals surface area contributed by atoms with Crippen LogP contribution in [0.3, 0.4) is 0 Å². The van der Waals surface area contributed by atoms with Crippen molar-refractivity contribution in [2.24, 2.45) is 5.73 Å². The molecule has 0 aromatic rings. The van der Waals surface area contributed by atoms with Crippen LogP contribution in [0, 0.1) is 0 Å². The lowest BCUT2D eigenvalue weighted by Crippen LogP contribution is -1.70. The molecule has 2 N–H and O–H groups in total. The van der Waals surface area contributed by atoms with Gasteiger partial charge < -0.3 is 5.73 Å². The van der Waals surface area contributed by atoms with Crippen molar-refractivity contribution in [2.75, 3.05) is 0 Å². The maximum absolute atomic E-state index is 4.85. The van der Waals surface area contributed by atoms with Crippen LogP contribution in [0.25, 0.3) is 0 Å². The van der Waals surface area contributed by atoms with Crippen molar-refractivity contribution in [3.8, 4) is 0 Å². The van der Waals surface area contributed by atoms with E-state index in [4.69, 9.17) is 5.73 Å². The summed E-state index contributed by atoms with van der Waals surface area (Å²) in [6.07, 6.45) is 6.24. The van der Waals surface area contributed by atoms with E-state index < -0.39 is 0 Å². The molecule has 0 unspecified atom stereocenters. The van der Waals surface area contributed by atoms with Crippen molar-refractivity contribution >= 4 is 0 Å². The number of rotatable bonds is 1. The van der Waals surface area contributed by atoms with Crippen molar-refractivity contribution in [3.05, 3.63) is 24.9 Å². The predicted octanol–water partition coefficient (Wildman–Crippen LogP) is 2.06. The summed E-state index contributed by atoms with van der Waals surface area (Å²) < 4.78 is 0. The molecule has 0 rings (SSSR count). The van der Waals surface area contributed by atoms with Crippen LogP contribution in [0.1, 0.15) is 20.3 Å². The normalized spacial score (nSPS) is 7.75. The Balaban J connectivity index is 0. The van der Waals surface area contributed by atoms with E-state index in [1.807, 2.05) is 13.0 Å². The van der Waals surface area contributed by atoms with Gasteiger partial charge in [-0.05, 0) is 19.5 Å². The molecule has 0 bridgehead atoms. The monoisotopic (exact) mass is 113 g/mol. The Morgan fingerprint density at radius 1 is 1.62 bits per heavy atom. The van der Waals surface area contributed by atoms with Crippen LogP contribution >= 0.6 is 0 Å². The third-order valence-electron chi connectivity index (χ3n) is 0.481. The van der Waals surface area contributed by atoms with E-state index in [2.05, 4.69) is 13.5 Å². The third-order valence-corrected chi connectivity index (χ3v) is 0.481. The Labute approximate surface area is 51.9 Å². The van der Waals surface area contributed by atoms with E-state index >= 15 is 0 Å². The zero-order chi connectivity index (χ0) is 6.83. The largest absolute Gasteiger partial charge is 0.405 e. The van der Waals surface area contributed by atoms with Gasteiger partial charge in [0.25, 0.3) is 0 Å². The lowest BCUT2D eigenvalue weighted by Gasteiger charge is -1.57. The minimum absolute atomic E-state index is 1.08. The summed E-state index contributed by atoms with van der Waals surface area (Å²) >= 11 is 0. The quantitative estimate of drug-likeness (QED) is 0.517. The van der Waals surface area contributed by atoms with E-state index in [1.165, 1.54) is 6.20 Å². The van der Waals surface area contributed by atoms with Crippen LogP contribution < -0.4 is 5.73 Å². The second-order valence-electron chi connectivity index (χ2n) is 1.22. The summed E-state index contributed by atoms with van der Waals surface area (Å²) in [6, 6.07) is 0. The van der Waals surface area contributed by atoms with Gasteiger partial charge in [-0.15, -0.1) is 6.58 Å². The molecule has 0 spiro atoms. The summed E-state index contributed by atoms with van der Waals surface area (Å²) in [6.45, 7) is 7.42. The lowest BCUT2D eigenvalue weighted by molar-refractivity contribution is 1.23. The number of hydrogen-bond donors (Lipinski definition) is 1. The van der Waals surface area contributed by atoms with Gasteiger partial charge in [0.2, 0.25) is 0 Å². The van der Waals surface area contributed by atoms with Crippen LogP contribution in [-0.4, -0.2) is 0 Å². The van der Waals surface area contributed by atoms with E-state index in [-0.39, 0.29) is 0 Å². The van der Waals surface area contributed by atoms with Crippen molar-refractivity contribution in [3.63, 3.8) is 0 Å². The average molecular weight is 113 g/mol. The van der Waals surface area contributed by atoms with Crippen LogP contribution in [0.5, 0.6) is 0 Å². The van der Waals surface area contributed by atoms with Gasteiger partial charge in [0.1, 0.15) is 0 Å². The SMILES string of the molecule is C/C=C\N.C=CCC. The minimum atomic E-state index is 1.08. The maximum atomic E-state index is 4.85. The molecule has 0 saturated heterocycles. The first kappa shape index (κ1) is 10.3. The van der Waals surface area contributed by atoms with Gasteiger partial charge in [-0.25, -0.2) is 0 Å². The van der Waals surface area contributed by atoms with E-state index in [9.17, 15) is 0 Å². The van der Waals surface area contributed by atoms with Gasteiger partial charge >= 0.3 is 0 Å². The summed E-state index contributed by atoms with van der Waals surface area (Å²) in [5.74, 6) is 0. The third kappa shape index (κ3) is 59.0. The number of hydrogen-bond acceptors (Lipinski definition) is 1. The van der Waals surface area contributed by atoms with E-state index in [1.54, 1.807) is 6.08 Å². The second-order valence-corrected chi connectivity index (χ2v) is 1.22. The van der Waals surface area contributed by atoms with Gasteiger partial charge in [-0.2, -0.15) is 0 Å². The van der Waals surface area contributed by atoms with Crippen LogP contribution in [0.4, 0.5) is 0 Å². The van der Waals surface area contributed by atoms with Gasteiger partial charge in [0, 0.05) is 0 Å². The molecule has 8 heavy (non-hydrogen) atoms. The average Bonchev–Trinajstić information content (AvgIpc) is 1.88.